The van der Waals surface area contributed by atoms with E-state index in [-0.39, 0.29) is 42.4 Å². The second-order valence-corrected chi connectivity index (χ2v) is 10.9. The van der Waals surface area contributed by atoms with Crippen LogP contribution in [0.15, 0.2) is 47.4 Å². The summed E-state index contributed by atoms with van der Waals surface area (Å²) in [4.78, 5) is 10.9. The fraction of sp³-hybridized carbons (Fsp3) is 0.500. The number of aryl methyl sites for hydroxylation is 1. The average molecular weight is 494 g/mol. The monoisotopic (exact) mass is 493 g/mol. The second-order valence-electron chi connectivity index (χ2n) is 9.00. The van der Waals surface area contributed by atoms with Gasteiger partial charge in [-0.25, -0.2) is 12.8 Å². The maximum Gasteiger partial charge on any atom is 0.293 e. The zero-order chi connectivity index (χ0) is 24.9. The third-order valence-electron chi connectivity index (χ3n) is 5.90. The van der Waals surface area contributed by atoms with Gasteiger partial charge in [0.05, 0.1) is 15.5 Å². The molecule has 0 spiro atoms. The zero-order valence-corrected chi connectivity index (χ0v) is 20.6. The molecule has 0 saturated carbocycles. The molecular formula is C24H32FN3O5S. The van der Waals surface area contributed by atoms with Gasteiger partial charge in [0, 0.05) is 45.2 Å². The third-order valence-corrected chi connectivity index (χ3v) is 7.69. The molecule has 1 fully saturated rings. The minimum Gasteiger partial charge on any atom is -0.381 e. The summed E-state index contributed by atoms with van der Waals surface area (Å²) < 4.78 is 48.5. The van der Waals surface area contributed by atoms with Gasteiger partial charge in [-0.3, -0.25) is 14.4 Å². The molecule has 2 aromatic rings. The Morgan fingerprint density at radius 1 is 1.18 bits per heavy atom. The van der Waals surface area contributed by atoms with E-state index in [9.17, 15) is 22.9 Å². The largest absolute Gasteiger partial charge is 0.381 e. The van der Waals surface area contributed by atoms with Crippen molar-refractivity contribution >= 4 is 27.1 Å². The van der Waals surface area contributed by atoms with Crippen LogP contribution in [0.3, 0.4) is 0 Å². The van der Waals surface area contributed by atoms with Gasteiger partial charge in [-0.15, -0.1) is 0 Å². The summed E-state index contributed by atoms with van der Waals surface area (Å²) in [6.07, 6.45) is 1.22. The third kappa shape index (κ3) is 6.04. The van der Waals surface area contributed by atoms with Crippen LogP contribution in [-0.2, 0) is 21.2 Å². The van der Waals surface area contributed by atoms with Gasteiger partial charge in [0.2, 0.25) is 0 Å². The molecule has 2 aromatic carbocycles. The van der Waals surface area contributed by atoms with E-state index in [0.717, 1.165) is 18.1 Å². The predicted molar refractivity (Wildman–Crippen MR) is 131 cm³/mol. The minimum atomic E-state index is -4.08. The van der Waals surface area contributed by atoms with Crippen LogP contribution in [0.25, 0.3) is 0 Å². The Labute approximate surface area is 200 Å². The number of nitro benzene ring substituents is 1. The lowest BCUT2D eigenvalue weighted by Crippen LogP contribution is -2.38. The van der Waals surface area contributed by atoms with Crippen LogP contribution in [-0.4, -0.2) is 45.3 Å². The van der Waals surface area contributed by atoms with E-state index < -0.39 is 26.3 Å². The Morgan fingerprint density at radius 2 is 1.82 bits per heavy atom. The SMILES string of the molecule is CCc1ccc(N(CC(C)C)S(=O)(=O)c2ccc(NCC3(F)CCOCC3)c([N+](=O)[O-])c2)cc1. The Kier molecular flexibility index (Phi) is 8.14. The fourth-order valence-electron chi connectivity index (χ4n) is 3.84. The maximum absolute atomic E-state index is 14.9. The van der Waals surface area contributed by atoms with Crippen molar-refractivity contribution in [3.63, 3.8) is 0 Å². The molecule has 1 N–H and O–H groups in total. The van der Waals surface area contributed by atoms with Gasteiger partial charge in [0.25, 0.3) is 15.7 Å². The molecule has 0 aromatic heterocycles. The molecule has 1 aliphatic heterocycles. The summed E-state index contributed by atoms with van der Waals surface area (Å²) >= 11 is 0. The molecule has 10 heteroatoms. The Bertz CT molecular complexity index is 1100. The molecule has 0 aliphatic carbocycles. The van der Waals surface area contributed by atoms with E-state index in [4.69, 9.17) is 4.74 Å². The van der Waals surface area contributed by atoms with Crippen molar-refractivity contribution in [3.8, 4) is 0 Å². The number of sulfonamides is 1. The van der Waals surface area contributed by atoms with Gasteiger partial charge in [-0.05, 0) is 42.2 Å². The number of nitrogens with zero attached hydrogens (tertiary/aromatic N) is 2. The standard InChI is InChI=1S/C24H32FN3O5S/c1-4-19-5-7-20(8-6-19)27(16-18(2)3)34(31,32)21-9-10-22(23(15-21)28(29)30)26-17-24(25)11-13-33-14-12-24/h5-10,15,18,26H,4,11-14,16-17H2,1-3H3. The Hall–Kier alpha value is -2.72. The summed E-state index contributed by atoms with van der Waals surface area (Å²) in [5, 5.41) is 14.6. The van der Waals surface area contributed by atoms with Gasteiger partial charge in [-0.2, -0.15) is 0 Å². The van der Waals surface area contributed by atoms with Gasteiger partial charge in [0.1, 0.15) is 11.4 Å². The fourth-order valence-corrected chi connectivity index (χ4v) is 5.49. The number of nitro groups is 1. The first kappa shape index (κ1) is 25.9. The van der Waals surface area contributed by atoms with Crippen LogP contribution in [0.4, 0.5) is 21.5 Å². The zero-order valence-electron chi connectivity index (χ0n) is 19.8. The summed E-state index contributed by atoms with van der Waals surface area (Å²) in [5.41, 5.74) is -0.297. The van der Waals surface area contributed by atoms with Gasteiger partial charge in [0.15, 0.2) is 0 Å². The Balaban J connectivity index is 1.93. The normalized spacial score (nSPS) is 15.8. The number of alkyl halides is 1. The van der Waals surface area contributed by atoms with Crippen LogP contribution in [0.1, 0.15) is 39.2 Å². The highest BCUT2D eigenvalue weighted by molar-refractivity contribution is 7.92. The quantitative estimate of drug-likeness (QED) is 0.372. The van der Waals surface area contributed by atoms with Crippen molar-refractivity contribution in [1.29, 1.82) is 0 Å². The minimum absolute atomic E-state index is 0.0248. The topological polar surface area (TPSA) is 102 Å². The van der Waals surface area contributed by atoms with Crippen molar-refractivity contribution in [1.82, 2.24) is 0 Å². The van der Waals surface area contributed by atoms with E-state index in [1.54, 1.807) is 12.1 Å². The molecule has 1 aliphatic rings. The molecule has 0 radical (unpaired) electrons. The first-order chi connectivity index (χ1) is 16.1. The number of anilines is 2. The lowest BCUT2D eigenvalue weighted by atomic mass is 9.96. The Morgan fingerprint density at radius 3 is 2.38 bits per heavy atom. The van der Waals surface area contributed by atoms with E-state index in [1.165, 1.54) is 16.4 Å². The summed E-state index contributed by atoms with van der Waals surface area (Å²) in [7, 11) is -4.08. The molecule has 1 saturated heterocycles. The number of hydrogen-bond donors (Lipinski definition) is 1. The summed E-state index contributed by atoms with van der Waals surface area (Å²) in [5.74, 6) is 0.0248. The highest BCUT2D eigenvalue weighted by atomic mass is 32.2. The number of rotatable bonds is 10. The lowest BCUT2D eigenvalue weighted by molar-refractivity contribution is -0.384. The molecule has 0 amide bonds. The van der Waals surface area contributed by atoms with Crippen molar-refractivity contribution < 1.29 is 22.5 Å². The highest BCUT2D eigenvalue weighted by Crippen LogP contribution is 2.33. The number of benzene rings is 2. The number of ether oxygens (including phenoxy) is 1. The molecule has 8 nitrogen and oxygen atoms in total. The first-order valence-corrected chi connectivity index (χ1v) is 12.9. The number of hydrogen-bond acceptors (Lipinski definition) is 6. The van der Waals surface area contributed by atoms with Gasteiger partial charge in [-0.1, -0.05) is 32.9 Å². The number of halogens is 1. The van der Waals surface area contributed by atoms with Crippen molar-refractivity contribution in [2.24, 2.45) is 5.92 Å². The lowest BCUT2D eigenvalue weighted by Gasteiger charge is -2.30. The maximum atomic E-state index is 14.9. The molecule has 0 bridgehead atoms. The molecular weight excluding hydrogens is 461 g/mol. The van der Waals surface area contributed by atoms with E-state index in [2.05, 4.69) is 5.32 Å². The van der Waals surface area contributed by atoms with Crippen LogP contribution in [0, 0.1) is 16.0 Å². The number of nitrogens with one attached hydrogen (secondary N) is 1. The van der Waals surface area contributed by atoms with Crippen LogP contribution < -0.4 is 9.62 Å². The van der Waals surface area contributed by atoms with E-state index in [1.807, 2.05) is 32.9 Å². The summed E-state index contributed by atoms with van der Waals surface area (Å²) in [6, 6.07) is 10.9. The molecule has 0 unspecified atom stereocenters. The smallest absolute Gasteiger partial charge is 0.293 e. The first-order valence-electron chi connectivity index (χ1n) is 11.5. The van der Waals surface area contributed by atoms with E-state index >= 15 is 0 Å². The molecule has 3 rings (SSSR count). The predicted octanol–water partition coefficient (Wildman–Crippen LogP) is 4.94. The molecule has 0 atom stereocenters. The second kappa shape index (κ2) is 10.7. The highest BCUT2D eigenvalue weighted by Gasteiger charge is 2.33. The van der Waals surface area contributed by atoms with Crippen LogP contribution in [0.5, 0.6) is 0 Å². The van der Waals surface area contributed by atoms with E-state index in [0.29, 0.717) is 18.9 Å². The van der Waals surface area contributed by atoms with Crippen molar-refractivity contribution in [2.45, 2.75) is 50.6 Å². The van der Waals surface area contributed by atoms with Crippen LogP contribution in [0.2, 0.25) is 0 Å². The van der Waals surface area contributed by atoms with Crippen LogP contribution >= 0.6 is 0 Å². The summed E-state index contributed by atoms with van der Waals surface area (Å²) in [6.45, 7) is 6.51. The van der Waals surface area contributed by atoms with Crippen molar-refractivity contribution in [2.75, 3.05) is 35.9 Å². The van der Waals surface area contributed by atoms with Gasteiger partial charge >= 0.3 is 0 Å². The van der Waals surface area contributed by atoms with Crippen molar-refractivity contribution in [3.05, 3.63) is 58.1 Å². The average Bonchev–Trinajstić information content (AvgIpc) is 2.81. The van der Waals surface area contributed by atoms with Gasteiger partial charge < -0.3 is 10.1 Å². The molecule has 34 heavy (non-hydrogen) atoms. The molecule has 1 heterocycles. The molecule has 186 valence electrons.